The van der Waals surface area contributed by atoms with Crippen LogP contribution in [0.15, 0.2) is 0 Å². The van der Waals surface area contributed by atoms with Gasteiger partial charge in [-0.3, -0.25) is 4.79 Å². The van der Waals surface area contributed by atoms with E-state index in [1.807, 2.05) is 6.07 Å². The summed E-state index contributed by atoms with van der Waals surface area (Å²) in [5.41, 5.74) is 0. The molecular formula is C7H10N2O. The number of rotatable bonds is 4. The SMILES string of the molecule is N#CCCN(C=O)C1CC1. The lowest BCUT2D eigenvalue weighted by molar-refractivity contribution is -0.118. The molecule has 0 N–H and O–H groups in total. The summed E-state index contributed by atoms with van der Waals surface area (Å²) < 4.78 is 0. The third-order valence-corrected chi connectivity index (χ3v) is 1.63. The molecular weight excluding hydrogens is 128 g/mol. The first-order valence-electron chi connectivity index (χ1n) is 3.46. The van der Waals surface area contributed by atoms with Crippen LogP contribution in [-0.4, -0.2) is 23.9 Å². The zero-order chi connectivity index (χ0) is 7.40. The topological polar surface area (TPSA) is 44.1 Å². The molecule has 3 nitrogen and oxygen atoms in total. The predicted octanol–water partition coefficient (Wildman–Crippen LogP) is 0.521. The zero-order valence-electron chi connectivity index (χ0n) is 5.79. The summed E-state index contributed by atoms with van der Waals surface area (Å²) in [5, 5.41) is 8.22. The Morgan fingerprint density at radius 1 is 1.70 bits per heavy atom. The van der Waals surface area contributed by atoms with Crippen LogP contribution in [0, 0.1) is 11.3 Å². The maximum absolute atomic E-state index is 10.3. The highest BCUT2D eigenvalue weighted by molar-refractivity contribution is 5.48. The van der Waals surface area contributed by atoms with E-state index in [4.69, 9.17) is 5.26 Å². The Bertz CT molecular complexity index is 157. The lowest BCUT2D eigenvalue weighted by atomic mass is 10.4. The van der Waals surface area contributed by atoms with Crippen LogP contribution in [0.25, 0.3) is 0 Å². The normalized spacial score (nSPS) is 15.9. The number of amides is 1. The van der Waals surface area contributed by atoms with E-state index in [9.17, 15) is 4.79 Å². The standard InChI is InChI=1S/C7H10N2O/c8-4-1-5-9(6-10)7-2-3-7/h6-7H,1-3,5H2. The Hall–Kier alpha value is -1.04. The molecule has 0 radical (unpaired) electrons. The van der Waals surface area contributed by atoms with Gasteiger partial charge in [0.15, 0.2) is 0 Å². The van der Waals surface area contributed by atoms with Gasteiger partial charge in [0.25, 0.3) is 0 Å². The van der Waals surface area contributed by atoms with Crippen molar-refractivity contribution in [2.24, 2.45) is 0 Å². The minimum Gasteiger partial charge on any atom is -0.341 e. The van der Waals surface area contributed by atoms with E-state index < -0.39 is 0 Å². The molecule has 0 spiro atoms. The van der Waals surface area contributed by atoms with Crippen molar-refractivity contribution >= 4 is 6.41 Å². The van der Waals surface area contributed by atoms with Gasteiger partial charge in [-0.05, 0) is 12.8 Å². The molecule has 1 aliphatic rings. The molecule has 0 bridgehead atoms. The second-order valence-electron chi connectivity index (χ2n) is 2.48. The van der Waals surface area contributed by atoms with E-state index in [1.165, 1.54) is 0 Å². The molecule has 1 amide bonds. The van der Waals surface area contributed by atoms with Gasteiger partial charge in [0, 0.05) is 12.6 Å². The number of nitriles is 1. The van der Waals surface area contributed by atoms with Crippen molar-refractivity contribution in [3.8, 4) is 6.07 Å². The smallest absolute Gasteiger partial charge is 0.209 e. The van der Waals surface area contributed by atoms with Crippen LogP contribution >= 0.6 is 0 Å². The lowest BCUT2D eigenvalue weighted by Gasteiger charge is -2.12. The van der Waals surface area contributed by atoms with Gasteiger partial charge in [-0.2, -0.15) is 5.26 Å². The van der Waals surface area contributed by atoms with E-state index in [0.29, 0.717) is 19.0 Å². The molecule has 0 aliphatic heterocycles. The Morgan fingerprint density at radius 2 is 2.40 bits per heavy atom. The summed E-state index contributed by atoms with van der Waals surface area (Å²) in [6, 6.07) is 2.46. The second kappa shape index (κ2) is 3.21. The first-order chi connectivity index (χ1) is 4.88. The summed E-state index contributed by atoms with van der Waals surface area (Å²) in [5.74, 6) is 0. The molecule has 1 rings (SSSR count). The fourth-order valence-corrected chi connectivity index (χ4v) is 0.907. The van der Waals surface area contributed by atoms with Crippen molar-refractivity contribution in [3.05, 3.63) is 0 Å². The van der Waals surface area contributed by atoms with Crippen LogP contribution < -0.4 is 0 Å². The average molecular weight is 138 g/mol. The van der Waals surface area contributed by atoms with Gasteiger partial charge in [0.1, 0.15) is 0 Å². The minimum atomic E-state index is 0.450. The van der Waals surface area contributed by atoms with Gasteiger partial charge in [-0.15, -0.1) is 0 Å². The van der Waals surface area contributed by atoms with Crippen molar-refractivity contribution in [2.75, 3.05) is 6.54 Å². The molecule has 0 saturated heterocycles. The van der Waals surface area contributed by atoms with Crippen LogP contribution in [0.2, 0.25) is 0 Å². The highest BCUT2D eigenvalue weighted by atomic mass is 16.1. The molecule has 0 unspecified atom stereocenters. The molecule has 0 heterocycles. The Labute approximate surface area is 60.2 Å². The number of nitrogens with zero attached hydrogens (tertiary/aromatic N) is 2. The summed E-state index contributed by atoms with van der Waals surface area (Å²) in [4.78, 5) is 12.0. The minimum absolute atomic E-state index is 0.450. The molecule has 3 heteroatoms. The number of carbonyl (C=O) groups is 1. The molecule has 0 aromatic heterocycles. The van der Waals surface area contributed by atoms with Gasteiger partial charge in [0.2, 0.25) is 6.41 Å². The van der Waals surface area contributed by atoms with Crippen molar-refractivity contribution in [1.82, 2.24) is 4.90 Å². The molecule has 1 saturated carbocycles. The maximum atomic E-state index is 10.3. The van der Waals surface area contributed by atoms with Gasteiger partial charge < -0.3 is 4.90 Å². The zero-order valence-corrected chi connectivity index (χ0v) is 5.79. The number of hydrogen-bond acceptors (Lipinski definition) is 2. The summed E-state index contributed by atoms with van der Waals surface area (Å²) in [6.07, 6.45) is 3.53. The number of carbonyl (C=O) groups excluding carboxylic acids is 1. The first kappa shape index (κ1) is 7.07. The van der Waals surface area contributed by atoms with Gasteiger partial charge in [-0.1, -0.05) is 0 Å². The Balaban J connectivity index is 2.20. The second-order valence-corrected chi connectivity index (χ2v) is 2.48. The fraction of sp³-hybridized carbons (Fsp3) is 0.714. The van der Waals surface area contributed by atoms with Crippen molar-refractivity contribution < 1.29 is 4.79 Å². The van der Waals surface area contributed by atoms with Gasteiger partial charge in [0.05, 0.1) is 12.5 Å². The highest BCUT2D eigenvalue weighted by Gasteiger charge is 2.27. The van der Waals surface area contributed by atoms with Crippen LogP contribution in [0.3, 0.4) is 0 Å². The molecule has 1 aliphatic carbocycles. The van der Waals surface area contributed by atoms with Crippen LogP contribution in [-0.2, 0) is 4.79 Å². The molecule has 1 fully saturated rings. The van der Waals surface area contributed by atoms with Gasteiger partial charge >= 0.3 is 0 Å². The van der Waals surface area contributed by atoms with Crippen molar-refractivity contribution in [2.45, 2.75) is 25.3 Å². The summed E-state index contributed by atoms with van der Waals surface area (Å²) in [7, 11) is 0. The summed E-state index contributed by atoms with van der Waals surface area (Å²) >= 11 is 0. The molecule has 54 valence electrons. The van der Waals surface area contributed by atoms with E-state index in [0.717, 1.165) is 19.3 Å². The third kappa shape index (κ3) is 1.73. The largest absolute Gasteiger partial charge is 0.341 e. The molecule has 10 heavy (non-hydrogen) atoms. The average Bonchev–Trinajstić information content (AvgIpc) is 2.73. The van der Waals surface area contributed by atoms with Gasteiger partial charge in [-0.25, -0.2) is 0 Å². The maximum Gasteiger partial charge on any atom is 0.209 e. The van der Waals surface area contributed by atoms with E-state index in [1.54, 1.807) is 4.90 Å². The monoisotopic (exact) mass is 138 g/mol. The highest BCUT2D eigenvalue weighted by Crippen LogP contribution is 2.25. The Kier molecular flexibility index (Phi) is 2.27. The molecule has 0 atom stereocenters. The van der Waals surface area contributed by atoms with E-state index in [2.05, 4.69) is 0 Å². The van der Waals surface area contributed by atoms with Crippen molar-refractivity contribution in [1.29, 1.82) is 5.26 Å². The van der Waals surface area contributed by atoms with Crippen molar-refractivity contribution in [3.63, 3.8) is 0 Å². The van der Waals surface area contributed by atoms with Crippen LogP contribution in [0.4, 0.5) is 0 Å². The quantitative estimate of drug-likeness (QED) is 0.531. The number of hydrogen-bond donors (Lipinski definition) is 0. The fourth-order valence-electron chi connectivity index (χ4n) is 0.907. The first-order valence-corrected chi connectivity index (χ1v) is 3.46. The summed E-state index contributed by atoms with van der Waals surface area (Å²) in [6.45, 7) is 0.602. The van der Waals surface area contributed by atoms with E-state index >= 15 is 0 Å². The predicted molar refractivity (Wildman–Crippen MR) is 36.0 cm³/mol. The van der Waals surface area contributed by atoms with Crippen LogP contribution in [0.5, 0.6) is 0 Å². The molecule has 0 aromatic rings. The lowest BCUT2D eigenvalue weighted by Crippen LogP contribution is -2.24. The van der Waals surface area contributed by atoms with Crippen LogP contribution in [0.1, 0.15) is 19.3 Å². The Morgan fingerprint density at radius 3 is 2.80 bits per heavy atom. The third-order valence-electron chi connectivity index (χ3n) is 1.63. The van der Waals surface area contributed by atoms with E-state index in [-0.39, 0.29) is 0 Å². The molecule has 0 aromatic carbocycles.